The van der Waals surface area contributed by atoms with Crippen molar-refractivity contribution in [1.82, 2.24) is 10.3 Å². The summed E-state index contributed by atoms with van der Waals surface area (Å²) in [6.07, 6.45) is 2.58. The van der Waals surface area contributed by atoms with E-state index in [0.717, 1.165) is 17.3 Å². The van der Waals surface area contributed by atoms with Gasteiger partial charge in [0.25, 0.3) is 0 Å². The van der Waals surface area contributed by atoms with Crippen molar-refractivity contribution in [2.75, 3.05) is 13.2 Å². The summed E-state index contributed by atoms with van der Waals surface area (Å²) in [5.74, 6) is -0.304. The molecule has 21 heavy (non-hydrogen) atoms. The van der Waals surface area contributed by atoms with Crippen LogP contribution in [0.2, 0.25) is 0 Å². The molecule has 2 aromatic rings. The number of rotatable bonds is 7. The Morgan fingerprint density at radius 2 is 2.24 bits per heavy atom. The third-order valence-electron chi connectivity index (χ3n) is 3.34. The van der Waals surface area contributed by atoms with Crippen LogP contribution in [0.1, 0.15) is 20.3 Å². The molecular formula is C16H20N2O3. The highest BCUT2D eigenvalue weighted by Gasteiger charge is 2.33. The van der Waals surface area contributed by atoms with E-state index in [1.54, 1.807) is 13.1 Å². The van der Waals surface area contributed by atoms with E-state index < -0.39 is 11.5 Å². The highest BCUT2D eigenvalue weighted by molar-refractivity contribution is 5.80. The van der Waals surface area contributed by atoms with Crippen LogP contribution >= 0.6 is 0 Å². The van der Waals surface area contributed by atoms with Gasteiger partial charge in [0, 0.05) is 17.6 Å². The van der Waals surface area contributed by atoms with Crippen molar-refractivity contribution in [2.24, 2.45) is 0 Å². The number of aliphatic carboxylic acids is 1. The van der Waals surface area contributed by atoms with E-state index in [1.165, 1.54) is 0 Å². The summed E-state index contributed by atoms with van der Waals surface area (Å²) in [5.41, 5.74) is -0.275. The summed E-state index contributed by atoms with van der Waals surface area (Å²) in [7, 11) is 0. The maximum absolute atomic E-state index is 11.4. The van der Waals surface area contributed by atoms with Crippen LogP contribution in [-0.4, -0.2) is 34.8 Å². The lowest BCUT2D eigenvalue weighted by Gasteiger charge is -2.26. The fourth-order valence-electron chi connectivity index (χ4n) is 1.95. The number of nitrogens with zero attached hydrogens (tertiary/aromatic N) is 1. The first-order valence-electron chi connectivity index (χ1n) is 7.01. The molecule has 1 atom stereocenters. The summed E-state index contributed by atoms with van der Waals surface area (Å²) in [6.45, 7) is 4.31. The summed E-state index contributed by atoms with van der Waals surface area (Å²) >= 11 is 0. The number of pyridine rings is 1. The fraction of sp³-hybridized carbons (Fsp3) is 0.375. The van der Waals surface area contributed by atoms with Crippen molar-refractivity contribution in [2.45, 2.75) is 25.8 Å². The summed E-state index contributed by atoms with van der Waals surface area (Å²) < 4.78 is 5.65. The molecule has 1 heterocycles. The molecule has 0 bridgehead atoms. The number of benzene rings is 1. The normalized spacial score (nSPS) is 13.8. The number of nitrogens with one attached hydrogen (secondary N) is 1. The van der Waals surface area contributed by atoms with Gasteiger partial charge < -0.3 is 9.84 Å². The molecule has 0 amide bonds. The number of carboxylic acids is 1. The quantitative estimate of drug-likeness (QED) is 0.819. The van der Waals surface area contributed by atoms with Crippen molar-refractivity contribution >= 4 is 16.9 Å². The zero-order chi connectivity index (χ0) is 15.3. The molecule has 5 heteroatoms. The maximum atomic E-state index is 11.4. The molecule has 0 spiro atoms. The van der Waals surface area contributed by atoms with E-state index in [1.807, 2.05) is 37.3 Å². The number of fused-ring (bicyclic) bond motifs is 1. The Balaban J connectivity index is 2.10. The zero-order valence-corrected chi connectivity index (χ0v) is 12.3. The lowest BCUT2D eigenvalue weighted by atomic mass is 10.0. The van der Waals surface area contributed by atoms with E-state index in [9.17, 15) is 9.90 Å². The summed E-state index contributed by atoms with van der Waals surface area (Å²) in [6, 6.07) is 9.40. The molecular weight excluding hydrogens is 268 g/mol. The molecule has 112 valence electrons. The predicted molar refractivity (Wildman–Crippen MR) is 81.6 cm³/mol. The topological polar surface area (TPSA) is 71.5 Å². The number of carboxylic acid groups (broad SMARTS) is 1. The molecule has 2 N–H and O–H groups in total. The van der Waals surface area contributed by atoms with E-state index in [4.69, 9.17) is 4.74 Å². The molecule has 0 saturated heterocycles. The van der Waals surface area contributed by atoms with Crippen molar-refractivity contribution in [1.29, 1.82) is 0 Å². The van der Waals surface area contributed by atoms with E-state index in [2.05, 4.69) is 10.3 Å². The standard InChI is InChI=1S/C16H20N2O3/c1-3-8-18-16(2,15(19)20)11-21-13-7-6-12-5-4-9-17-14(12)10-13/h4-7,9-10,18H,3,8,11H2,1-2H3,(H,19,20). The average Bonchev–Trinajstić information content (AvgIpc) is 2.50. The van der Waals surface area contributed by atoms with Crippen LogP contribution in [0.3, 0.4) is 0 Å². The molecule has 1 aromatic heterocycles. The molecule has 5 nitrogen and oxygen atoms in total. The summed E-state index contributed by atoms with van der Waals surface area (Å²) in [5, 5.41) is 13.4. The van der Waals surface area contributed by atoms with Gasteiger partial charge in [-0.1, -0.05) is 13.0 Å². The predicted octanol–water partition coefficient (Wildman–Crippen LogP) is 2.46. The molecule has 0 radical (unpaired) electrons. The van der Waals surface area contributed by atoms with Gasteiger partial charge in [-0.15, -0.1) is 0 Å². The van der Waals surface area contributed by atoms with Gasteiger partial charge >= 0.3 is 5.97 Å². The molecule has 1 unspecified atom stereocenters. The number of hydrogen-bond acceptors (Lipinski definition) is 4. The Hall–Kier alpha value is -2.14. The van der Waals surface area contributed by atoms with Crippen LogP contribution in [0.15, 0.2) is 36.5 Å². The SMILES string of the molecule is CCCNC(C)(COc1ccc2cccnc2c1)C(=O)O. The highest BCUT2D eigenvalue weighted by atomic mass is 16.5. The second-order valence-corrected chi connectivity index (χ2v) is 5.21. The first-order chi connectivity index (χ1) is 10.0. The summed E-state index contributed by atoms with van der Waals surface area (Å²) in [4.78, 5) is 15.7. The van der Waals surface area contributed by atoms with Crippen LogP contribution in [0.5, 0.6) is 5.75 Å². The largest absolute Gasteiger partial charge is 0.491 e. The Bertz CT molecular complexity index is 630. The molecule has 1 aromatic carbocycles. The van der Waals surface area contributed by atoms with Gasteiger partial charge in [-0.3, -0.25) is 15.1 Å². The molecule has 0 saturated carbocycles. The monoisotopic (exact) mass is 288 g/mol. The minimum Gasteiger partial charge on any atom is -0.491 e. The fourth-order valence-corrected chi connectivity index (χ4v) is 1.95. The van der Waals surface area contributed by atoms with Crippen molar-refractivity contribution in [3.63, 3.8) is 0 Å². The van der Waals surface area contributed by atoms with Gasteiger partial charge in [0.2, 0.25) is 0 Å². The Labute approximate surface area is 124 Å². The zero-order valence-electron chi connectivity index (χ0n) is 12.3. The Morgan fingerprint density at radius 3 is 2.95 bits per heavy atom. The molecule has 0 aliphatic carbocycles. The number of aromatic nitrogens is 1. The second-order valence-electron chi connectivity index (χ2n) is 5.21. The number of ether oxygens (including phenoxy) is 1. The van der Waals surface area contributed by atoms with Gasteiger partial charge in [0.05, 0.1) is 5.52 Å². The molecule has 0 aliphatic heterocycles. The number of carbonyl (C=O) groups is 1. The third kappa shape index (κ3) is 3.70. The van der Waals surface area contributed by atoms with Crippen molar-refractivity contribution in [3.05, 3.63) is 36.5 Å². The smallest absolute Gasteiger partial charge is 0.327 e. The molecule has 2 rings (SSSR count). The lowest BCUT2D eigenvalue weighted by Crippen LogP contribution is -2.54. The van der Waals surface area contributed by atoms with Crippen LogP contribution in [-0.2, 0) is 4.79 Å². The van der Waals surface area contributed by atoms with Gasteiger partial charge in [-0.25, -0.2) is 0 Å². The first-order valence-corrected chi connectivity index (χ1v) is 7.01. The average molecular weight is 288 g/mol. The number of hydrogen-bond donors (Lipinski definition) is 2. The van der Waals surface area contributed by atoms with Crippen LogP contribution in [0.4, 0.5) is 0 Å². The Morgan fingerprint density at radius 1 is 1.43 bits per heavy atom. The van der Waals surface area contributed by atoms with Crippen LogP contribution < -0.4 is 10.1 Å². The van der Waals surface area contributed by atoms with Crippen molar-refractivity contribution < 1.29 is 14.6 Å². The van der Waals surface area contributed by atoms with Crippen molar-refractivity contribution in [3.8, 4) is 5.75 Å². The van der Waals surface area contributed by atoms with Gasteiger partial charge in [0.1, 0.15) is 17.9 Å². The third-order valence-corrected chi connectivity index (χ3v) is 3.34. The minimum atomic E-state index is -1.10. The second kappa shape index (κ2) is 6.54. The van der Waals surface area contributed by atoms with Crippen LogP contribution in [0, 0.1) is 0 Å². The molecule has 0 fully saturated rings. The Kier molecular flexibility index (Phi) is 4.75. The highest BCUT2D eigenvalue weighted by Crippen LogP contribution is 2.20. The van der Waals surface area contributed by atoms with Gasteiger partial charge in [-0.05, 0) is 38.1 Å². The molecule has 0 aliphatic rings. The first kappa shape index (κ1) is 15.3. The minimum absolute atomic E-state index is 0.0562. The van der Waals surface area contributed by atoms with Gasteiger partial charge in [-0.2, -0.15) is 0 Å². The van der Waals surface area contributed by atoms with Crippen LogP contribution in [0.25, 0.3) is 10.9 Å². The van der Waals surface area contributed by atoms with E-state index >= 15 is 0 Å². The van der Waals surface area contributed by atoms with E-state index in [-0.39, 0.29) is 6.61 Å². The maximum Gasteiger partial charge on any atom is 0.327 e. The lowest BCUT2D eigenvalue weighted by molar-refractivity contribution is -0.145. The van der Waals surface area contributed by atoms with E-state index in [0.29, 0.717) is 12.3 Å². The van der Waals surface area contributed by atoms with Gasteiger partial charge in [0.15, 0.2) is 0 Å².